The van der Waals surface area contributed by atoms with Crippen LogP contribution < -0.4 is 0 Å². The molecule has 0 unspecified atom stereocenters. The number of benzene rings is 1. The summed E-state index contributed by atoms with van der Waals surface area (Å²) in [4.78, 5) is 0. The highest BCUT2D eigenvalue weighted by Gasteiger charge is 2.31. The summed E-state index contributed by atoms with van der Waals surface area (Å²) in [5, 5.41) is 9.63. The Balaban J connectivity index is 2.19. The maximum Gasteiger partial charge on any atom is 0.416 e. The van der Waals surface area contributed by atoms with E-state index in [-0.39, 0.29) is 6.61 Å². The predicted molar refractivity (Wildman–Crippen MR) is 72.0 cm³/mol. The van der Waals surface area contributed by atoms with E-state index in [9.17, 15) is 13.2 Å². The summed E-state index contributed by atoms with van der Waals surface area (Å²) in [7, 11) is 0. The molecule has 0 spiro atoms. The van der Waals surface area contributed by atoms with Crippen molar-refractivity contribution in [3.63, 3.8) is 0 Å². The zero-order valence-corrected chi connectivity index (χ0v) is 11.4. The second-order valence-corrected chi connectivity index (χ2v) is 5.19. The number of aryl methyl sites for hydroxylation is 1. The molecule has 1 aliphatic rings. The fourth-order valence-corrected chi connectivity index (χ4v) is 2.93. The van der Waals surface area contributed by atoms with Gasteiger partial charge in [-0.1, -0.05) is 0 Å². The fraction of sp³-hybridized carbons (Fsp3) is 0.467. The molecule has 21 heavy (non-hydrogen) atoms. The van der Waals surface area contributed by atoms with Gasteiger partial charge in [0.1, 0.15) is 0 Å². The van der Waals surface area contributed by atoms with E-state index in [0.29, 0.717) is 38.0 Å². The summed E-state index contributed by atoms with van der Waals surface area (Å²) < 4.78 is 46.2. The molecule has 0 fully saturated rings. The minimum atomic E-state index is -4.35. The average molecular weight is 299 g/mol. The SMILES string of the molecule is OCCCc1c2n(c3ccc(C(F)(F)F)cc13)CCOC2. The number of hydrogen-bond donors (Lipinski definition) is 1. The zero-order valence-electron chi connectivity index (χ0n) is 11.4. The molecule has 2 aromatic rings. The Labute approximate surface area is 119 Å². The van der Waals surface area contributed by atoms with Gasteiger partial charge in [-0.15, -0.1) is 0 Å². The van der Waals surface area contributed by atoms with E-state index in [2.05, 4.69) is 0 Å². The second-order valence-electron chi connectivity index (χ2n) is 5.19. The van der Waals surface area contributed by atoms with E-state index in [1.54, 1.807) is 0 Å². The molecule has 0 atom stereocenters. The van der Waals surface area contributed by atoms with Gasteiger partial charge in [0.25, 0.3) is 0 Å². The summed E-state index contributed by atoms with van der Waals surface area (Å²) in [6.45, 7) is 1.65. The standard InChI is InChI=1S/C15H16F3NO2/c16-15(17,18)10-3-4-13-12(8-10)11(2-1-6-20)14-9-21-7-5-19(13)14/h3-4,8,20H,1-2,5-7,9H2. The molecule has 0 bridgehead atoms. The third-order valence-electron chi connectivity index (χ3n) is 3.90. The molecule has 1 aliphatic heterocycles. The molecule has 0 amide bonds. The molecule has 0 aliphatic carbocycles. The summed E-state index contributed by atoms with van der Waals surface area (Å²) in [5.74, 6) is 0. The van der Waals surface area contributed by atoms with Gasteiger partial charge in [0.05, 0.1) is 18.8 Å². The number of fused-ring (bicyclic) bond motifs is 3. The number of hydrogen-bond acceptors (Lipinski definition) is 2. The molecule has 0 radical (unpaired) electrons. The van der Waals surface area contributed by atoms with Gasteiger partial charge in [-0.05, 0) is 36.6 Å². The molecule has 3 rings (SSSR count). The molecule has 6 heteroatoms. The van der Waals surface area contributed by atoms with Crippen LogP contribution in [0, 0.1) is 0 Å². The molecule has 2 heterocycles. The topological polar surface area (TPSA) is 34.4 Å². The molecular formula is C15H16F3NO2. The van der Waals surface area contributed by atoms with E-state index in [4.69, 9.17) is 9.84 Å². The Kier molecular flexibility index (Phi) is 3.67. The molecule has 1 N–H and O–H groups in total. The van der Waals surface area contributed by atoms with Gasteiger partial charge in [-0.25, -0.2) is 0 Å². The second kappa shape index (κ2) is 5.35. The Bertz CT molecular complexity index is 661. The van der Waals surface area contributed by atoms with Crippen LogP contribution in [0.5, 0.6) is 0 Å². The van der Waals surface area contributed by atoms with Crippen LogP contribution in [0.3, 0.4) is 0 Å². The Morgan fingerprint density at radius 1 is 1.29 bits per heavy atom. The number of nitrogens with zero attached hydrogens (tertiary/aromatic N) is 1. The van der Waals surface area contributed by atoms with Crippen molar-refractivity contribution in [1.82, 2.24) is 4.57 Å². The Hall–Kier alpha value is -1.53. The lowest BCUT2D eigenvalue weighted by Crippen LogP contribution is -2.17. The molecule has 3 nitrogen and oxygen atoms in total. The van der Waals surface area contributed by atoms with Gasteiger partial charge >= 0.3 is 6.18 Å². The fourth-order valence-electron chi connectivity index (χ4n) is 2.93. The van der Waals surface area contributed by atoms with E-state index in [1.165, 1.54) is 12.1 Å². The Morgan fingerprint density at radius 2 is 2.10 bits per heavy atom. The van der Waals surface area contributed by atoms with Crippen molar-refractivity contribution in [3.05, 3.63) is 35.0 Å². The van der Waals surface area contributed by atoms with E-state index in [1.807, 2.05) is 4.57 Å². The van der Waals surface area contributed by atoms with Gasteiger partial charge in [0, 0.05) is 29.7 Å². The third kappa shape index (κ3) is 2.53. The highest BCUT2D eigenvalue weighted by Crippen LogP contribution is 2.35. The first-order valence-electron chi connectivity index (χ1n) is 6.92. The lowest BCUT2D eigenvalue weighted by atomic mass is 10.0. The molecule has 0 saturated heterocycles. The number of halogens is 3. The van der Waals surface area contributed by atoms with Crippen LogP contribution in [-0.4, -0.2) is 22.9 Å². The lowest BCUT2D eigenvalue weighted by Gasteiger charge is -2.18. The summed E-state index contributed by atoms with van der Waals surface area (Å²) in [5.41, 5.74) is 1.98. The van der Waals surface area contributed by atoms with Gasteiger partial charge in [0.2, 0.25) is 0 Å². The van der Waals surface area contributed by atoms with E-state index in [0.717, 1.165) is 22.8 Å². The maximum atomic E-state index is 12.9. The minimum absolute atomic E-state index is 0.0198. The van der Waals surface area contributed by atoms with Crippen LogP contribution in [0.1, 0.15) is 23.2 Å². The average Bonchev–Trinajstić information content (AvgIpc) is 2.77. The quantitative estimate of drug-likeness (QED) is 0.945. The lowest BCUT2D eigenvalue weighted by molar-refractivity contribution is -0.137. The number of rotatable bonds is 3. The van der Waals surface area contributed by atoms with Crippen LogP contribution in [0.2, 0.25) is 0 Å². The first kappa shape index (κ1) is 14.4. The molecular weight excluding hydrogens is 283 g/mol. The van der Waals surface area contributed by atoms with E-state index < -0.39 is 11.7 Å². The van der Waals surface area contributed by atoms with E-state index >= 15 is 0 Å². The van der Waals surface area contributed by atoms with Gasteiger partial charge in [-0.3, -0.25) is 0 Å². The maximum absolute atomic E-state index is 12.9. The first-order valence-corrected chi connectivity index (χ1v) is 6.92. The molecule has 114 valence electrons. The minimum Gasteiger partial charge on any atom is -0.396 e. The normalized spacial score (nSPS) is 15.4. The highest BCUT2D eigenvalue weighted by atomic mass is 19.4. The van der Waals surface area contributed by atoms with Crippen molar-refractivity contribution >= 4 is 10.9 Å². The molecule has 1 aromatic carbocycles. The van der Waals surface area contributed by atoms with Gasteiger partial charge in [0.15, 0.2) is 0 Å². The number of aromatic nitrogens is 1. The van der Waals surface area contributed by atoms with Crippen molar-refractivity contribution in [2.24, 2.45) is 0 Å². The van der Waals surface area contributed by atoms with Gasteiger partial charge in [-0.2, -0.15) is 13.2 Å². The summed E-state index contributed by atoms with van der Waals surface area (Å²) in [6.07, 6.45) is -3.26. The number of aliphatic hydroxyl groups is 1. The summed E-state index contributed by atoms with van der Waals surface area (Å²) in [6, 6.07) is 3.88. The first-order chi connectivity index (χ1) is 10.0. The van der Waals surface area contributed by atoms with Crippen LogP contribution >= 0.6 is 0 Å². The zero-order chi connectivity index (χ0) is 15.0. The van der Waals surface area contributed by atoms with Crippen molar-refractivity contribution in [1.29, 1.82) is 0 Å². The number of ether oxygens (including phenoxy) is 1. The monoisotopic (exact) mass is 299 g/mol. The molecule has 0 saturated carbocycles. The van der Waals surface area contributed by atoms with Crippen LogP contribution in [0.4, 0.5) is 13.2 Å². The predicted octanol–water partition coefficient (Wildman–Crippen LogP) is 3.12. The smallest absolute Gasteiger partial charge is 0.396 e. The van der Waals surface area contributed by atoms with Crippen LogP contribution in [-0.2, 0) is 30.5 Å². The van der Waals surface area contributed by atoms with Crippen molar-refractivity contribution in [2.75, 3.05) is 13.2 Å². The van der Waals surface area contributed by atoms with Gasteiger partial charge < -0.3 is 14.4 Å². The van der Waals surface area contributed by atoms with Crippen LogP contribution in [0.25, 0.3) is 10.9 Å². The van der Waals surface area contributed by atoms with Crippen molar-refractivity contribution < 1.29 is 23.0 Å². The highest BCUT2D eigenvalue weighted by molar-refractivity contribution is 5.86. The largest absolute Gasteiger partial charge is 0.416 e. The van der Waals surface area contributed by atoms with Crippen LogP contribution in [0.15, 0.2) is 18.2 Å². The van der Waals surface area contributed by atoms with Crippen molar-refractivity contribution in [2.45, 2.75) is 32.2 Å². The molecule has 1 aromatic heterocycles. The Morgan fingerprint density at radius 3 is 2.81 bits per heavy atom. The van der Waals surface area contributed by atoms with Crippen molar-refractivity contribution in [3.8, 4) is 0 Å². The number of aliphatic hydroxyl groups excluding tert-OH is 1. The number of alkyl halides is 3. The summed E-state index contributed by atoms with van der Waals surface area (Å²) >= 11 is 0. The third-order valence-corrected chi connectivity index (χ3v) is 3.90.